The lowest BCUT2D eigenvalue weighted by Crippen LogP contribution is -2.39. The maximum Gasteiger partial charge on any atom is 0.170 e. The SMILES string of the molecule is C[C@H](CC(C)(C)c1ccccc1)NC(=S)Nc1ccccc1. The maximum atomic E-state index is 5.40. The lowest BCUT2D eigenvalue weighted by Gasteiger charge is -2.29. The number of anilines is 1. The van der Waals surface area contributed by atoms with Crippen molar-refractivity contribution in [3.63, 3.8) is 0 Å². The van der Waals surface area contributed by atoms with Gasteiger partial charge in [0.25, 0.3) is 0 Å². The molecule has 2 N–H and O–H groups in total. The van der Waals surface area contributed by atoms with Gasteiger partial charge >= 0.3 is 0 Å². The van der Waals surface area contributed by atoms with Crippen LogP contribution in [0.3, 0.4) is 0 Å². The number of nitrogens with one attached hydrogen (secondary N) is 2. The highest BCUT2D eigenvalue weighted by molar-refractivity contribution is 7.80. The molecular weight excluding hydrogens is 288 g/mol. The molecule has 2 aromatic carbocycles. The highest BCUT2D eigenvalue weighted by Crippen LogP contribution is 2.28. The summed E-state index contributed by atoms with van der Waals surface area (Å²) in [6.07, 6.45) is 1.01. The molecule has 0 aliphatic rings. The largest absolute Gasteiger partial charge is 0.360 e. The fraction of sp³-hybridized carbons (Fsp3) is 0.316. The van der Waals surface area contributed by atoms with Gasteiger partial charge in [0, 0.05) is 11.7 Å². The van der Waals surface area contributed by atoms with E-state index in [4.69, 9.17) is 12.2 Å². The van der Waals surface area contributed by atoms with Crippen LogP contribution >= 0.6 is 12.2 Å². The first-order valence-corrected chi connectivity index (χ1v) is 8.06. The number of benzene rings is 2. The molecule has 116 valence electrons. The van der Waals surface area contributed by atoms with Crippen molar-refractivity contribution in [3.05, 3.63) is 66.2 Å². The Bertz CT molecular complexity index is 593. The molecule has 0 aromatic heterocycles. The van der Waals surface area contributed by atoms with Crippen LogP contribution in [-0.4, -0.2) is 11.2 Å². The van der Waals surface area contributed by atoms with E-state index in [1.807, 2.05) is 30.3 Å². The number of rotatable bonds is 5. The Labute approximate surface area is 139 Å². The van der Waals surface area contributed by atoms with E-state index in [-0.39, 0.29) is 5.41 Å². The molecule has 2 rings (SSSR count). The van der Waals surface area contributed by atoms with E-state index in [0.717, 1.165) is 12.1 Å². The molecule has 1 atom stereocenters. The van der Waals surface area contributed by atoms with Crippen molar-refractivity contribution in [1.82, 2.24) is 5.32 Å². The Kier molecular flexibility index (Phi) is 5.56. The van der Waals surface area contributed by atoms with Crippen LogP contribution < -0.4 is 10.6 Å². The van der Waals surface area contributed by atoms with Gasteiger partial charge in [0.2, 0.25) is 0 Å². The standard InChI is InChI=1S/C19H24N2S/c1-15(14-19(2,3)16-10-6-4-7-11-16)20-18(22)21-17-12-8-5-9-13-17/h4-13,15H,14H2,1-3H3,(H2,20,21,22)/t15-/m1/s1. The summed E-state index contributed by atoms with van der Waals surface area (Å²) in [5, 5.41) is 7.26. The van der Waals surface area contributed by atoms with Crippen molar-refractivity contribution in [2.45, 2.75) is 38.6 Å². The molecule has 0 bridgehead atoms. The molecule has 2 nitrogen and oxygen atoms in total. The molecule has 0 aliphatic carbocycles. The van der Waals surface area contributed by atoms with Crippen molar-refractivity contribution in [2.75, 3.05) is 5.32 Å². The van der Waals surface area contributed by atoms with Crippen LogP contribution in [0.25, 0.3) is 0 Å². The second-order valence-corrected chi connectivity index (χ2v) is 6.73. The van der Waals surface area contributed by atoms with Gasteiger partial charge in [-0.05, 0) is 48.7 Å². The van der Waals surface area contributed by atoms with Crippen LogP contribution in [0.15, 0.2) is 60.7 Å². The zero-order valence-electron chi connectivity index (χ0n) is 13.5. The fourth-order valence-electron chi connectivity index (χ4n) is 2.74. The van der Waals surface area contributed by atoms with Crippen molar-refractivity contribution < 1.29 is 0 Å². The summed E-state index contributed by atoms with van der Waals surface area (Å²) in [5.74, 6) is 0. The normalized spacial score (nSPS) is 12.5. The van der Waals surface area contributed by atoms with E-state index >= 15 is 0 Å². The number of thiocarbonyl (C=S) groups is 1. The molecule has 0 amide bonds. The van der Waals surface area contributed by atoms with Crippen LogP contribution in [0.4, 0.5) is 5.69 Å². The Morgan fingerprint density at radius 2 is 1.55 bits per heavy atom. The van der Waals surface area contributed by atoms with E-state index in [1.165, 1.54) is 5.56 Å². The highest BCUT2D eigenvalue weighted by Gasteiger charge is 2.23. The van der Waals surface area contributed by atoms with Crippen LogP contribution in [0.2, 0.25) is 0 Å². The summed E-state index contributed by atoms with van der Waals surface area (Å²) in [4.78, 5) is 0. The van der Waals surface area contributed by atoms with E-state index in [2.05, 4.69) is 61.7 Å². The van der Waals surface area contributed by atoms with E-state index in [0.29, 0.717) is 11.2 Å². The molecule has 0 saturated heterocycles. The topological polar surface area (TPSA) is 24.1 Å². The molecule has 0 saturated carbocycles. The van der Waals surface area contributed by atoms with Crippen LogP contribution in [0.1, 0.15) is 32.8 Å². The molecule has 0 fully saturated rings. The molecule has 3 heteroatoms. The predicted molar refractivity (Wildman–Crippen MR) is 99.3 cm³/mol. The van der Waals surface area contributed by atoms with Gasteiger partial charge in [0.05, 0.1) is 0 Å². The van der Waals surface area contributed by atoms with Crippen molar-refractivity contribution >= 4 is 23.0 Å². The van der Waals surface area contributed by atoms with E-state index in [1.54, 1.807) is 0 Å². The zero-order valence-corrected chi connectivity index (χ0v) is 14.3. The first-order chi connectivity index (χ1) is 10.5. The minimum Gasteiger partial charge on any atom is -0.360 e. The van der Waals surface area contributed by atoms with Gasteiger partial charge in [0.1, 0.15) is 0 Å². The summed E-state index contributed by atoms with van der Waals surface area (Å²) in [6, 6.07) is 20.9. The third-order valence-corrected chi connectivity index (χ3v) is 4.00. The minimum atomic E-state index is 0.107. The molecule has 0 heterocycles. The molecule has 0 radical (unpaired) electrons. The maximum absolute atomic E-state index is 5.40. The van der Waals surface area contributed by atoms with Crippen LogP contribution in [0.5, 0.6) is 0 Å². The summed E-state index contributed by atoms with van der Waals surface area (Å²) < 4.78 is 0. The summed E-state index contributed by atoms with van der Waals surface area (Å²) >= 11 is 5.40. The van der Waals surface area contributed by atoms with Crippen LogP contribution in [0, 0.1) is 0 Å². The zero-order chi connectivity index (χ0) is 16.0. The second kappa shape index (κ2) is 7.41. The summed E-state index contributed by atoms with van der Waals surface area (Å²) in [7, 11) is 0. The van der Waals surface area contributed by atoms with Crippen molar-refractivity contribution in [2.24, 2.45) is 0 Å². The van der Waals surface area contributed by atoms with Crippen molar-refractivity contribution in [3.8, 4) is 0 Å². The summed E-state index contributed by atoms with van der Waals surface area (Å²) in [5.41, 5.74) is 2.47. The molecule has 0 spiro atoms. The van der Waals surface area contributed by atoms with Gasteiger partial charge in [-0.15, -0.1) is 0 Å². The van der Waals surface area contributed by atoms with Gasteiger partial charge in [-0.25, -0.2) is 0 Å². The number of hydrogen-bond donors (Lipinski definition) is 2. The van der Waals surface area contributed by atoms with Crippen molar-refractivity contribution in [1.29, 1.82) is 0 Å². The van der Waals surface area contributed by atoms with E-state index in [9.17, 15) is 0 Å². The Hall–Kier alpha value is -1.87. The van der Waals surface area contributed by atoms with Gasteiger partial charge in [0.15, 0.2) is 5.11 Å². The number of hydrogen-bond acceptors (Lipinski definition) is 1. The summed E-state index contributed by atoms with van der Waals surface area (Å²) in [6.45, 7) is 6.71. The average molecular weight is 312 g/mol. The first kappa shape index (κ1) is 16.5. The molecule has 0 aliphatic heterocycles. The molecule has 0 unspecified atom stereocenters. The minimum absolute atomic E-state index is 0.107. The lowest BCUT2D eigenvalue weighted by atomic mass is 9.79. The second-order valence-electron chi connectivity index (χ2n) is 6.32. The molecular formula is C19H24N2S. The Balaban J connectivity index is 1.89. The molecule has 22 heavy (non-hydrogen) atoms. The third-order valence-electron chi connectivity index (χ3n) is 3.78. The Morgan fingerprint density at radius 3 is 2.14 bits per heavy atom. The molecule has 2 aromatic rings. The van der Waals surface area contributed by atoms with Crippen LogP contribution in [-0.2, 0) is 5.41 Å². The fourth-order valence-corrected chi connectivity index (χ4v) is 3.06. The van der Waals surface area contributed by atoms with E-state index < -0.39 is 0 Å². The smallest absolute Gasteiger partial charge is 0.170 e. The lowest BCUT2D eigenvalue weighted by molar-refractivity contribution is 0.420. The van der Waals surface area contributed by atoms with Gasteiger partial charge < -0.3 is 10.6 Å². The highest BCUT2D eigenvalue weighted by atomic mass is 32.1. The van der Waals surface area contributed by atoms with Gasteiger partial charge in [-0.1, -0.05) is 62.4 Å². The van der Waals surface area contributed by atoms with Gasteiger partial charge in [-0.2, -0.15) is 0 Å². The monoisotopic (exact) mass is 312 g/mol. The average Bonchev–Trinajstić information content (AvgIpc) is 2.48. The Morgan fingerprint density at radius 1 is 1.00 bits per heavy atom. The predicted octanol–water partition coefficient (Wildman–Crippen LogP) is 4.73. The quantitative estimate of drug-likeness (QED) is 0.781. The first-order valence-electron chi connectivity index (χ1n) is 7.65. The van der Waals surface area contributed by atoms with Gasteiger partial charge in [-0.3, -0.25) is 0 Å². The number of para-hydroxylation sites is 1. The third kappa shape index (κ3) is 4.85.